The molecule has 3 aromatic rings. The number of amides is 5. The molecule has 2 aromatic carbocycles. The molecular formula is C36H45N7O7. The highest BCUT2D eigenvalue weighted by Gasteiger charge is 2.39. The summed E-state index contributed by atoms with van der Waals surface area (Å²) >= 11 is 0. The Bertz CT molecular complexity index is 1640. The van der Waals surface area contributed by atoms with Crippen LogP contribution in [0.4, 0.5) is 0 Å². The molecule has 14 nitrogen and oxygen atoms in total. The molecule has 2 bridgehead atoms. The topological polar surface area (TPSA) is 175 Å². The van der Waals surface area contributed by atoms with E-state index in [2.05, 4.69) is 26.4 Å². The number of morpholine rings is 1. The fourth-order valence-corrected chi connectivity index (χ4v) is 6.04. The first-order valence-corrected chi connectivity index (χ1v) is 16.9. The molecule has 2 aliphatic heterocycles. The molecule has 5 amide bonds. The summed E-state index contributed by atoms with van der Waals surface area (Å²) in [6.45, 7) is 7.48. The number of benzene rings is 2. The van der Waals surface area contributed by atoms with E-state index in [0.717, 1.165) is 11.1 Å². The van der Waals surface area contributed by atoms with E-state index in [0.29, 0.717) is 26.3 Å². The quantitative estimate of drug-likeness (QED) is 0.293. The van der Waals surface area contributed by atoms with Crippen LogP contribution in [0.25, 0.3) is 0 Å². The minimum Gasteiger partial charge on any atom is -0.379 e. The van der Waals surface area contributed by atoms with E-state index >= 15 is 0 Å². The van der Waals surface area contributed by atoms with Crippen molar-refractivity contribution in [1.29, 1.82) is 0 Å². The summed E-state index contributed by atoms with van der Waals surface area (Å²) in [6.07, 6.45) is 0.325. The maximum Gasteiger partial charge on any atom is 0.274 e. The molecule has 266 valence electrons. The zero-order chi connectivity index (χ0) is 35.7. The van der Waals surface area contributed by atoms with Gasteiger partial charge in [-0.2, -0.15) is 0 Å². The summed E-state index contributed by atoms with van der Waals surface area (Å²) in [4.78, 5) is 71.8. The van der Waals surface area contributed by atoms with Gasteiger partial charge in [-0.15, -0.1) is 0 Å². The molecule has 50 heavy (non-hydrogen) atoms. The Morgan fingerprint density at radius 1 is 0.820 bits per heavy atom. The third kappa shape index (κ3) is 9.33. The lowest BCUT2D eigenvalue weighted by atomic mass is 9.99. The van der Waals surface area contributed by atoms with Crippen molar-refractivity contribution in [3.63, 3.8) is 0 Å². The number of rotatable bonds is 6. The Balaban J connectivity index is 1.44. The number of nitrogens with zero attached hydrogens (tertiary/aromatic N) is 3. The lowest BCUT2D eigenvalue weighted by molar-refractivity contribution is -0.146. The summed E-state index contributed by atoms with van der Waals surface area (Å²) in [5.74, 6) is -2.24. The molecule has 5 rings (SSSR count). The first kappa shape index (κ1) is 36.2. The van der Waals surface area contributed by atoms with E-state index in [1.807, 2.05) is 79.4 Å². The minimum atomic E-state index is -1.07. The first-order chi connectivity index (χ1) is 24.0. The standard InChI is InChI=1S/C36H45N7O7/c1-24-31(44)39-29(21-26-12-8-5-9-13-26)33(46)40-28(20-25-10-6-4-7-11-25)32(45)37-14-15-42(23-27-22-30(41-50-27)34(47)38-24)35(48)36(2,3)43-16-18-49-19-17-43/h4-13,22,24,28-29H,14-21,23H2,1-3H3,(H,37,45)(H,38,47)(H,39,44)(H,40,46)/t24-,28+,29-/m0/s1. The van der Waals surface area contributed by atoms with Gasteiger partial charge in [0.15, 0.2) is 11.5 Å². The second kappa shape index (κ2) is 16.5. The van der Waals surface area contributed by atoms with Crippen molar-refractivity contribution in [2.75, 3.05) is 39.4 Å². The number of hydrogen-bond donors (Lipinski definition) is 4. The van der Waals surface area contributed by atoms with Crippen LogP contribution in [0.1, 0.15) is 48.1 Å². The molecule has 0 aliphatic carbocycles. The average Bonchev–Trinajstić information content (AvgIpc) is 3.60. The molecule has 4 N–H and O–H groups in total. The number of carbonyl (C=O) groups excluding carboxylic acids is 5. The van der Waals surface area contributed by atoms with Crippen LogP contribution < -0.4 is 21.3 Å². The second-order valence-corrected chi connectivity index (χ2v) is 13.1. The van der Waals surface area contributed by atoms with Gasteiger partial charge in [-0.25, -0.2) is 0 Å². The van der Waals surface area contributed by atoms with Gasteiger partial charge in [0.2, 0.25) is 23.6 Å². The van der Waals surface area contributed by atoms with Crippen molar-refractivity contribution >= 4 is 29.5 Å². The van der Waals surface area contributed by atoms with Crippen LogP contribution in [0.3, 0.4) is 0 Å². The van der Waals surface area contributed by atoms with E-state index in [9.17, 15) is 24.0 Å². The minimum absolute atomic E-state index is 0.0237. The van der Waals surface area contributed by atoms with E-state index in [1.54, 1.807) is 4.90 Å². The second-order valence-electron chi connectivity index (χ2n) is 13.1. The number of fused-ring (bicyclic) bond motifs is 2. The van der Waals surface area contributed by atoms with Crippen molar-refractivity contribution in [3.8, 4) is 0 Å². The molecule has 3 heterocycles. The smallest absolute Gasteiger partial charge is 0.274 e. The predicted molar refractivity (Wildman–Crippen MR) is 182 cm³/mol. The summed E-state index contributed by atoms with van der Waals surface area (Å²) in [5, 5.41) is 15.0. The van der Waals surface area contributed by atoms with E-state index < -0.39 is 47.3 Å². The number of hydrogen-bond acceptors (Lipinski definition) is 9. The van der Waals surface area contributed by atoms with Crippen LogP contribution in [-0.2, 0) is 43.3 Å². The van der Waals surface area contributed by atoms with Gasteiger partial charge in [-0.05, 0) is 31.9 Å². The maximum atomic E-state index is 14.1. The molecule has 14 heteroatoms. The van der Waals surface area contributed by atoms with Crippen molar-refractivity contribution in [3.05, 3.63) is 89.3 Å². The molecular weight excluding hydrogens is 642 g/mol. The van der Waals surface area contributed by atoms with Gasteiger partial charge >= 0.3 is 0 Å². The van der Waals surface area contributed by atoms with Crippen LogP contribution >= 0.6 is 0 Å². The maximum absolute atomic E-state index is 14.1. The number of aromatic nitrogens is 1. The highest BCUT2D eigenvalue weighted by molar-refractivity contribution is 5.97. The Morgan fingerprint density at radius 3 is 2.02 bits per heavy atom. The average molecular weight is 688 g/mol. The summed E-state index contributed by atoms with van der Waals surface area (Å²) < 4.78 is 11.0. The van der Waals surface area contributed by atoms with Crippen LogP contribution in [0.15, 0.2) is 71.3 Å². The summed E-state index contributed by atoms with van der Waals surface area (Å²) in [5.41, 5.74) is 0.623. The summed E-state index contributed by atoms with van der Waals surface area (Å²) in [7, 11) is 0. The van der Waals surface area contributed by atoms with Crippen LogP contribution in [-0.4, -0.2) is 108 Å². The zero-order valence-corrected chi connectivity index (χ0v) is 28.6. The van der Waals surface area contributed by atoms with Crippen LogP contribution in [0.5, 0.6) is 0 Å². The van der Waals surface area contributed by atoms with Crippen LogP contribution in [0.2, 0.25) is 0 Å². The fourth-order valence-electron chi connectivity index (χ4n) is 6.04. The molecule has 0 unspecified atom stereocenters. The van der Waals surface area contributed by atoms with Gasteiger partial charge in [0.1, 0.15) is 18.1 Å². The Morgan fingerprint density at radius 2 is 1.40 bits per heavy atom. The van der Waals surface area contributed by atoms with Gasteiger partial charge in [0.25, 0.3) is 5.91 Å². The monoisotopic (exact) mass is 687 g/mol. The van der Waals surface area contributed by atoms with Crippen molar-refractivity contribution in [1.82, 2.24) is 36.2 Å². The third-order valence-corrected chi connectivity index (χ3v) is 9.00. The number of nitrogens with one attached hydrogen (secondary N) is 4. The third-order valence-electron chi connectivity index (χ3n) is 9.00. The molecule has 0 saturated carbocycles. The Labute approximate surface area is 291 Å². The van der Waals surface area contributed by atoms with Crippen LogP contribution in [0, 0.1) is 0 Å². The molecule has 1 fully saturated rings. The first-order valence-electron chi connectivity index (χ1n) is 16.9. The van der Waals surface area contributed by atoms with E-state index in [4.69, 9.17) is 9.26 Å². The van der Waals surface area contributed by atoms with E-state index in [-0.39, 0.29) is 49.8 Å². The zero-order valence-electron chi connectivity index (χ0n) is 28.6. The molecule has 2 aliphatic rings. The lowest BCUT2D eigenvalue weighted by Crippen LogP contribution is -2.60. The van der Waals surface area contributed by atoms with Gasteiger partial charge in [-0.3, -0.25) is 28.9 Å². The fraction of sp³-hybridized carbons (Fsp3) is 0.444. The molecule has 3 atom stereocenters. The normalized spacial score (nSPS) is 22.0. The molecule has 1 saturated heterocycles. The molecule has 0 radical (unpaired) electrons. The van der Waals surface area contributed by atoms with Gasteiger partial charge in [-0.1, -0.05) is 65.8 Å². The molecule has 1 aromatic heterocycles. The molecule has 0 spiro atoms. The SMILES string of the molecule is C[C@@H]1NC(=O)c2cc(on2)CN(C(=O)C(C)(C)N2CCOCC2)CCNC(=O)[C@@H](Cc2ccccc2)NC(=O)[C@H](Cc2ccccc2)NC1=O. The van der Waals surface area contributed by atoms with E-state index in [1.165, 1.54) is 13.0 Å². The largest absolute Gasteiger partial charge is 0.379 e. The lowest BCUT2D eigenvalue weighted by Gasteiger charge is -2.42. The number of ether oxygens (including phenoxy) is 1. The Kier molecular flexibility index (Phi) is 12.0. The highest BCUT2D eigenvalue weighted by Crippen LogP contribution is 2.21. The van der Waals surface area contributed by atoms with Gasteiger partial charge in [0.05, 0.1) is 25.3 Å². The predicted octanol–water partition coefficient (Wildman–Crippen LogP) is 0.817. The van der Waals surface area contributed by atoms with Crippen molar-refractivity contribution in [2.24, 2.45) is 0 Å². The number of carbonyl (C=O) groups is 5. The van der Waals surface area contributed by atoms with Crippen molar-refractivity contribution < 1.29 is 33.2 Å². The summed E-state index contributed by atoms with van der Waals surface area (Å²) in [6, 6.07) is 16.7. The van der Waals surface area contributed by atoms with Crippen molar-refractivity contribution in [2.45, 2.75) is 63.8 Å². The Hall–Kier alpha value is -5.08. The van der Waals surface area contributed by atoms with Gasteiger partial charge in [0, 0.05) is 45.1 Å². The van der Waals surface area contributed by atoms with Gasteiger partial charge < -0.3 is 35.4 Å². The highest BCUT2D eigenvalue weighted by atomic mass is 16.5.